The molecular weight excluding hydrogens is 216 g/mol. The molecule has 2 rings (SSSR count). The lowest BCUT2D eigenvalue weighted by molar-refractivity contribution is 0.265. The highest BCUT2D eigenvalue weighted by molar-refractivity contribution is 8.16. The Labute approximate surface area is 91.3 Å². The first-order valence-corrected chi connectivity index (χ1v) is 5.37. The third-order valence-corrected chi connectivity index (χ3v) is 3.15. The minimum absolute atomic E-state index is 0.0940. The van der Waals surface area contributed by atoms with E-state index in [0.29, 0.717) is 4.99 Å². The molecule has 1 aliphatic rings. The Morgan fingerprint density at radius 1 is 1.36 bits per heavy atom. The van der Waals surface area contributed by atoms with Gasteiger partial charge in [-0.2, -0.15) is 0 Å². The molecule has 0 spiro atoms. The van der Waals surface area contributed by atoms with Gasteiger partial charge in [0.1, 0.15) is 10.4 Å². The fourth-order valence-electron chi connectivity index (χ4n) is 1.14. The zero-order chi connectivity index (χ0) is 9.97. The molecule has 0 radical (unpaired) electrons. The topological polar surface area (TPSA) is 41.1 Å². The normalized spacial score (nSPS) is 20.7. The minimum atomic E-state index is -0.139. The van der Waals surface area contributed by atoms with Gasteiger partial charge in [-0.25, -0.2) is 0 Å². The fraction of sp³-hybridized carbons (Fsp3) is 0.111. The van der Waals surface area contributed by atoms with Gasteiger partial charge in [0.15, 0.2) is 0 Å². The highest BCUT2D eigenvalue weighted by atomic mass is 32.2. The monoisotopic (exact) mass is 224 g/mol. The van der Waals surface area contributed by atoms with Crippen molar-refractivity contribution < 1.29 is 4.79 Å². The number of benzene rings is 1. The van der Waals surface area contributed by atoms with Gasteiger partial charge in [0.05, 0.1) is 0 Å². The highest BCUT2D eigenvalue weighted by Crippen LogP contribution is 2.21. The van der Waals surface area contributed by atoms with Crippen LogP contribution < -0.4 is 10.6 Å². The minimum Gasteiger partial charge on any atom is -0.367 e. The number of amides is 1. The number of rotatable bonds is 2. The van der Waals surface area contributed by atoms with Crippen LogP contribution in [0.3, 0.4) is 0 Å². The second-order valence-electron chi connectivity index (χ2n) is 2.78. The summed E-state index contributed by atoms with van der Waals surface area (Å²) in [5.41, 5.74) is 0.962. The Kier molecular flexibility index (Phi) is 2.69. The molecule has 1 aromatic carbocycles. The van der Waals surface area contributed by atoms with Crippen molar-refractivity contribution in [2.24, 2.45) is 0 Å². The van der Waals surface area contributed by atoms with Crippen molar-refractivity contribution in [3.8, 4) is 0 Å². The lowest BCUT2D eigenvalue weighted by Crippen LogP contribution is -2.27. The van der Waals surface area contributed by atoms with Crippen molar-refractivity contribution in [3.63, 3.8) is 0 Å². The van der Waals surface area contributed by atoms with Crippen LogP contribution in [-0.2, 0) is 0 Å². The number of nitrogens with one attached hydrogen (secondary N) is 2. The molecule has 1 heterocycles. The molecular formula is C9H8N2OS2. The maximum absolute atomic E-state index is 11.0. The molecule has 0 aliphatic carbocycles. The van der Waals surface area contributed by atoms with Crippen LogP contribution >= 0.6 is 24.0 Å². The van der Waals surface area contributed by atoms with Gasteiger partial charge in [-0.1, -0.05) is 30.4 Å². The number of carbonyl (C=O) groups is 1. The van der Waals surface area contributed by atoms with Crippen LogP contribution in [-0.4, -0.2) is 15.6 Å². The van der Waals surface area contributed by atoms with E-state index in [9.17, 15) is 4.79 Å². The summed E-state index contributed by atoms with van der Waals surface area (Å²) in [6, 6.07) is 9.67. The molecule has 0 bridgehead atoms. The zero-order valence-electron chi connectivity index (χ0n) is 7.19. The summed E-state index contributed by atoms with van der Waals surface area (Å²) in [4.78, 5) is 11.5. The van der Waals surface area contributed by atoms with Crippen molar-refractivity contribution in [2.45, 2.75) is 5.37 Å². The van der Waals surface area contributed by atoms with Crippen LogP contribution in [0, 0.1) is 0 Å². The van der Waals surface area contributed by atoms with Crippen molar-refractivity contribution >= 4 is 39.9 Å². The van der Waals surface area contributed by atoms with Crippen LogP contribution in [0.15, 0.2) is 30.3 Å². The number of thioether (sulfide) groups is 1. The van der Waals surface area contributed by atoms with E-state index in [2.05, 4.69) is 10.6 Å². The summed E-state index contributed by atoms with van der Waals surface area (Å²) in [5.74, 6) is 0. The van der Waals surface area contributed by atoms with Gasteiger partial charge >= 0.3 is 0 Å². The number of hydrogen-bond donors (Lipinski definition) is 2. The number of anilines is 1. The number of hydrogen-bond acceptors (Lipinski definition) is 4. The second-order valence-corrected chi connectivity index (χ2v) is 4.30. The Morgan fingerprint density at radius 2 is 2.07 bits per heavy atom. The van der Waals surface area contributed by atoms with Gasteiger partial charge < -0.3 is 10.6 Å². The number of thiocarbonyl (C=S) groups is 1. The molecule has 1 saturated heterocycles. The molecule has 3 nitrogen and oxygen atoms in total. The SMILES string of the molecule is O=C1NC(=S)C(Nc2ccccc2)S1. The van der Waals surface area contributed by atoms with E-state index >= 15 is 0 Å². The maximum Gasteiger partial charge on any atom is 0.286 e. The average Bonchev–Trinajstić information content (AvgIpc) is 2.47. The fourth-order valence-corrected chi connectivity index (χ4v) is 2.24. The van der Waals surface area contributed by atoms with Crippen LogP contribution in [0.1, 0.15) is 0 Å². The number of carbonyl (C=O) groups excluding carboxylic acids is 1. The average molecular weight is 224 g/mol. The quantitative estimate of drug-likeness (QED) is 0.756. The van der Waals surface area contributed by atoms with Gasteiger partial charge in [0, 0.05) is 5.69 Å². The largest absolute Gasteiger partial charge is 0.367 e. The number of para-hydroxylation sites is 1. The predicted octanol–water partition coefficient (Wildman–Crippen LogP) is 2.21. The van der Waals surface area contributed by atoms with Crippen molar-refractivity contribution in [1.29, 1.82) is 0 Å². The van der Waals surface area contributed by atoms with E-state index in [-0.39, 0.29) is 10.6 Å². The standard InChI is InChI=1S/C9H8N2OS2/c12-9-11-7(13)8(14-9)10-6-4-2-1-3-5-6/h1-5,8,10H,(H,11,12,13). The zero-order valence-corrected chi connectivity index (χ0v) is 8.82. The molecule has 1 unspecified atom stereocenters. The third-order valence-electron chi connectivity index (χ3n) is 1.76. The molecule has 72 valence electrons. The summed E-state index contributed by atoms with van der Waals surface area (Å²) >= 11 is 6.17. The molecule has 0 saturated carbocycles. The molecule has 5 heteroatoms. The Hall–Kier alpha value is -1.07. The van der Waals surface area contributed by atoms with Crippen LogP contribution in [0.2, 0.25) is 0 Å². The lowest BCUT2D eigenvalue weighted by atomic mass is 10.3. The predicted molar refractivity (Wildman–Crippen MR) is 62.6 cm³/mol. The third kappa shape index (κ3) is 2.05. The Bertz CT molecular complexity index is 366. The Morgan fingerprint density at radius 3 is 2.64 bits per heavy atom. The van der Waals surface area contributed by atoms with Crippen molar-refractivity contribution in [2.75, 3.05) is 5.32 Å². The molecule has 1 aliphatic heterocycles. The summed E-state index contributed by atoms with van der Waals surface area (Å²) in [7, 11) is 0. The maximum atomic E-state index is 11.0. The van der Waals surface area contributed by atoms with Crippen LogP contribution in [0.4, 0.5) is 10.5 Å². The van der Waals surface area contributed by atoms with E-state index in [1.807, 2.05) is 30.3 Å². The molecule has 1 amide bonds. The van der Waals surface area contributed by atoms with Gasteiger partial charge in [0.25, 0.3) is 5.24 Å². The molecule has 14 heavy (non-hydrogen) atoms. The smallest absolute Gasteiger partial charge is 0.286 e. The van der Waals surface area contributed by atoms with Gasteiger partial charge in [-0.05, 0) is 23.9 Å². The van der Waals surface area contributed by atoms with E-state index < -0.39 is 0 Å². The second kappa shape index (κ2) is 3.98. The first-order chi connectivity index (χ1) is 6.75. The summed E-state index contributed by atoms with van der Waals surface area (Å²) in [6.07, 6.45) is 0. The van der Waals surface area contributed by atoms with E-state index in [1.54, 1.807) is 0 Å². The molecule has 1 fully saturated rings. The summed E-state index contributed by atoms with van der Waals surface area (Å²) in [5, 5.41) is 5.51. The van der Waals surface area contributed by atoms with E-state index in [4.69, 9.17) is 12.2 Å². The van der Waals surface area contributed by atoms with Gasteiger partial charge in [0.2, 0.25) is 0 Å². The molecule has 1 aromatic rings. The van der Waals surface area contributed by atoms with Gasteiger partial charge in [-0.3, -0.25) is 4.79 Å². The van der Waals surface area contributed by atoms with Crippen molar-refractivity contribution in [3.05, 3.63) is 30.3 Å². The van der Waals surface area contributed by atoms with Crippen molar-refractivity contribution in [1.82, 2.24) is 5.32 Å². The Balaban J connectivity index is 2.05. The summed E-state index contributed by atoms with van der Waals surface area (Å²) in [6.45, 7) is 0. The highest BCUT2D eigenvalue weighted by Gasteiger charge is 2.27. The van der Waals surface area contributed by atoms with E-state index in [1.165, 1.54) is 11.8 Å². The van der Waals surface area contributed by atoms with Gasteiger partial charge in [-0.15, -0.1) is 0 Å². The van der Waals surface area contributed by atoms with E-state index in [0.717, 1.165) is 5.69 Å². The first kappa shape index (κ1) is 9.48. The molecule has 1 atom stereocenters. The lowest BCUT2D eigenvalue weighted by Gasteiger charge is -2.10. The molecule has 0 aromatic heterocycles. The van der Waals surface area contributed by atoms with Crippen LogP contribution in [0.25, 0.3) is 0 Å². The summed E-state index contributed by atoms with van der Waals surface area (Å²) < 4.78 is 0. The van der Waals surface area contributed by atoms with Crippen LogP contribution in [0.5, 0.6) is 0 Å². The molecule has 2 N–H and O–H groups in total. The first-order valence-electron chi connectivity index (χ1n) is 4.09.